The second kappa shape index (κ2) is 6.00. The monoisotopic (exact) mass is 242 g/mol. The molecule has 0 amide bonds. The van der Waals surface area contributed by atoms with Gasteiger partial charge in [-0.25, -0.2) is 9.67 Å². The number of allylic oxidation sites excluding steroid dienone is 1. The molecule has 2 rings (SSSR count). The van der Waals surface area contributed by atoms with Gasteiger partial charge in [0.15, 0.2) is 0 Å². The average Bonchev–Trinajstić information content (AvgIpc) is 2.91. The Morgan fingerprint density at radius 3 is 2.78 bits per heavy atom. The molecule has 0 aliphatic carbocycles. The van der Waals surface area contributed by atoms with Crippen molar-refractivity contribution in [2.45, 2.75) is 25.8 Å². The van der Waals surface area contributed by atoms with Crippen molar-refractivity contribution in [3.8, 4) is 5.69 Å². The molecule has 1 heterocycles. The maximum Gasteiger partial charge on any atom is 0.138 e. The lowest BCUT2D eigenvalue weighted by Crippen LogP contribution is -2.14. The SMILES string of the molecule is C=CCCC(C)Nc1ccc(-n2cncn2)cc1. The first-order valence-corrected chi connectivity index (χ1v) is 6.12. The summed E-state index contributed by atoms with van der Waals surface area (Å²) in [6.07, 6.45) is 7.30. The van der Waals surface area contributed by atoms with E-state index in [0.717, 1.165) is 24.2 Å². The van der Waals surface area contributed by atoms with Crippen molar-refractivity contribution in [3.63, 3.8) is 0 Å². The predicted octanol–water partition coefficient (Wildman–Crippen LogP) is 3.03. The maximum atomic E-state index is 4.09. The minimum absolute atomic E-state index is 0.445. The quantitative estimate of drug-likeness (QED) is 0.792. The molecule has 1 N–H and O–H groups in total. The van der Waals surface area contributed by atoms with E-state index in [1.165, 1.54) is 6.33 Å². The van der Waals surface area contributed by atoms with Crippen LogP contribution in [-0.2, 0) is 0 Å². The highest BCUT2D eigenvalue weighted by molar-refractivity contribution is 5.48. The number of hydrogen-bond acceptors (Lipinski definition) is 3. The first-order valence-electron chi connectivity index (χ1n) is 6.12. The van der Waals surface area contributed by atoms with Crippen molar-refractivity contribution >= 4 is 5.69 Å². The average molecular weight is 242 g/mol. The standard InChI is InChI=1S/C14H18N4/c1-3-4-5-12(2)17-13-6-8-14(9-7-13)18-11-15-10-16-18/h3,6-12,17H,1,4-5H2,2H3. The summed E-state index contributed by atoms with van der Waals surface area (Å²) in [6, 6.07) is 8.61. The first-order chi connectivity index (χ1) is 8.79. The summed E-state index contributed by atoms with van der Waals surface area (Å²) in [7, 11) is 0. The van der Waals surface area contributed by atoms with Crippen LogP contribution in [0.2, 0.25) is 0 Å². The highest BCUT2D eigenvalue weighted by Gasteiger charge is 2.01. The molecule has 0 saturated carbocycles. The van der Waals surface area contributed by atoms with Gasteiger partial charge in [-0.1, -0.05) is 6.08 Å². The third-order valence-electron chi connectivity index (χ3n) is 2.77. The van der Waals surface area contributed by atoms with Crippen LogP contribution >= 0.6 is 0 Å². The maximum absolute atomic E-state index is 4.09. The summed E-state index contributed by atoms with van der Waals surface area (Å²) >= 11 is 0. The van der Waals surface area contributed by atoms with E-state index in [2.05, 4.69) is 41.0 Å². The molecule has 0 aliphatic heterocycles. The van der Waals surface area contributed by atoms with Crippen LogP contribution in [0.5, 0.6) is 0 Å². The van der Waals surface area contributed by atoms with Crippen LogP contribution < -0.4 is 5.32 Å². The van der Waals surface area contributed by atoms with E-state index in [1.807, 2.05) is 18.2 Å². The largest absolute Gasteiger partial charge is 0.383 e. The van der Waals surface area contributed by atoms with Crippen molar-refractivity contribution in [3.05, 3.63) is 49.6 Å². The Bertz CT molecular complexity index is 473. The van der Waals surface area contributed by atoms with E-state index in [4.69, 9.17) is 0 Å². The van der Waals surface area contributed by atoms with Crippen LogP contribution in [0.1, 0.15) is 19.8 Å². The van der Waals surface area contributed by atoms with Crippen LogP contribution in [0, 0.1) is 0 Å². The van der Waals surface area contributed by atoms with Gasteiger partial charge < -0.3 is 5.32 Å². The molecule has 4 nitrogen and oxygen atoms in total. The van der Waals surface area contributed by atoms with E-state index >= 15 is 0 Å². The number of aromatic nitrogens is 3. The second-order valence-corrected chi connectivity index (χ2v) is 4.30. The Morgan fingerprint density at radius 1 is 1.39 bits per heavy atom. The van der Waals surface area contributed by atoms with Crippen LogP contribution in [-0.4, -0.2) is 20.8 Å². The molecule has 0 aliphatic rings. The Kier molecular flexibility index (Phi) is 4.12. The molecule has 1 aromatic carbocycles. The van der Waals surface area contributed by atoms with Gasteiger partial charge in [-0.15, -0.1) is 6.58 Å². The molecule has 18 heavy (non-hydrogen) atoms. The molecule has 0 fully saturated rings. The lowest BCUT2D eigenvalue weighted by molar-refractivity contribution is 0.719. The summed E-state index contributed by atoms with van der Waals surface area (Å²) in [5, 5.41) is 7.55. The molecular formula is C14H18N4. The summed E-state index contributed by atoms with van der Waals surface area (Å²) in [6.45, 7) is 5.91. The highest BCUT2D eigenvalue weighted by atomic mass is 15.3. The molecule has 0 saturated heterocycles. The normalized spacial score (nSPS) is 12.1. The zero-order valence-electron chi connectivity index (χ0n) is 10.6. The molecule has 4 heteroatoms. The molecule has 1 unspecified atom stereocenters. The minimum Gasteiger partial charge on any atom is -0.383 e. The molecule has 2 aromatic rings. The Balaban J connectivity index is 1.97. The Hall–Kier alpha value is -2.10. The van der Waals surface area contributed by atoms with Crippen molar-refractivity contribution in [1.82, 2.24) is 14.8 Å². The fraction of sp³-hybridized carbons (Fsp3) is 0.286. The van der Waals surface area contributed by atoms with Gasteiger partial charge in [0.1, 0.15) is 12.7 Å². The van der Waals surface area contributed by atoms with Crippen molar-refractivity contribution in [2.75, 3.05) is 5.32 Å². The van der Waals surface area contributed by atoms with Gasteiger partial charge in [0, 0.05) is 11.7 Å². The number of anilines is 1. The summed E-state index contributed by atoms with van der Waals surface area (Å²) in [5.74, 6) is 0. The lowest BCUT2D eigenvalue weighted by atomic mass is 10.1. The third kappa shape index (κ3) is 3.20. The molecule has 94 valence electrons. The number of benzene rings is 1. The Labute approximate surface area is 107 Å². The van der Waals surface area contributed by atoms with Crippen LogP contribution in [0.15, 0.2) is 49.6 Å². The van der Waals surface area contributed by atoms with Gasteiger partial charge in [-0.2, -0.15) is 5.10 Å². The van der Waals surface area contributed by atoms with Gasteiger partial charge in [-0.3, -0.25) is 0 Å². The number of nitrogens with one attached hydrogen (secondary N) is 1. The number of hydrogen-bond donors (Lipinski definition) is 1. The van der Waals surface area contributed by atoms with Gasteiger partial charge in [0.2, 0.25) is 0 Å². The summed E-state index contributed by atoms with van der Waals surface area (Å²) < 4.78 is 1.74. The zero-order valence-corrected chi connectivity index (χ0v) is 10.6. The smallest absolute Gasteiger partial charge is 0.138 e. The number of nitrogens with zero attached hydrogens (tertiary/aromatic N) is 3. The molecule has 0 bridgehead atoms. The van der Waals surface area contributed by atoms with Crippen LogP contribution in [0.3, 0.4) is 0 Å². The topological polar surface area (TPSA) is 42.7 Å². The second-order valence-electron chi connectivity index (χ2n) is 4.30. The minimum atomic E-state index is 0.445. The molecule has 0 radical (unpaired) electrons. The van der Waals surface area contributed by atoms with Gasteiger partial charge in [0.25, 0.3) is 0 Å². The van der Waals surface area contributed by atoms with Gasteiger partial charge in [-0.05, 0) is 44.0 Å². The van der Waals surface area contributed by atoms with E-state index < -0.39 is 0 Å². The van der Waals surface area contributed by atoms with E-state index in [9.17, 15) is 0 Å². The summed E-state index contributed by atoms with van der Waals surface area (Å²) in [5.41, 5.74) is 2.13. The van der Waals surface area contributed by atoms with Gasteiger partial charge >= 0.3 is 0 Å². The zero-order chi connectivity index (χ0) is 12.8. The van der Waals surface area contributed by atoms with E-state index in [0.29, 0.717) is 6.04 Å². The summed E-state index contributed by atoms with van der Waals surface area (Å²) in [4.78, 5) is 3.93. The van der Waals surface area contributed by atoms with E-state index in [-0.39, 0.29) is 0 Å². The van der Waals surface area contributed by atoms with Gasteiger partial charge in [0.05, 0.1) is 5.69 Å². The fourth-order valence-electron chi connectivity index (χ4n) is 1.78. The predicted molar refractivity (Wildman–Crippen MR) is 73.9 cm³/mol. The highest BCUT2D eigenvalue weighted by Crippen LogP contribution is 2.14. The number of rotatable bonds is 6. The molecular weight excluding hydrogens is 224 g/mol. The van der Waals surface area contributed by atoms with E-state index in [1.54, 1.807) is 11.0 Å². The molecule has 0 spiro atoms. The van der Waals surface area contributed by atoms with Crippen molar-refractivity contribution < 1.29 is 0 Å². The third-order valence-corrected chi connectivity index (χ3v) is 2.77. The molecule has 1 atom stereocenters. The Morgan fingerprint density at radius 2 is 2.17 bits per heavy atom. The van der Waals surface area contributed by atoms with Crippen LogP contribution in [0.25, 0.3) is 5.69 Å². The van der Waals surface area contributed by atoms with Crippen molar-refractivity contribution in [1.29, 1.82) is 0 Å². The van der Waals surface area contributed by atoms with Crippen LogP contribution in [0.4, 0.5) is 5.69 Å². The lowest BCUT2D eigenvalue weighted by Gasteiger charge is -2.14. The first kappa shape index (κ1) is 12.4. The van der Waals surface area contributed by atoms with Crippen molar-refractivity contribution in [2.24, 2.45) is 0 Å². The molecule has 1 aromatic heterocycles. The fourth-order valence-corrected chi connectivity index (χ4v) is 1.78.